The maximum atomic E-state index is 14.0. The van der Waals surface area contributed by atoms with Crippen LogP contribution in [-0.4, -0.2) is 30.2 Å². The van der Waals surface area contributed by atoms with E-state index in [4.69, 9.17) is 18.9 Å². The van der Waals surface area contributed by atoms with Gasteiger partial charge in [0.05, 0.1) is 35.6 Å². The monoisotopic (exact) mass is 626 g/mol. The number of fused-ring (bicyclic) bond motifs is 1. The summed E-state index contributed by atoms with van der Waals surface area (Å²) in [6.45, 7) is 7.59. The molecule has 2 heterocycles. The van der Waals surface area contributed by atoms with Crippen LogP contribution >= 0.6 is 11.3 Å². The minimum atomic E-state index is -0.850. The SMILES string of the molecule is COc1cc([C@@H]2C(C(=O)OCC(C)C)=C(C)N=c3s/c(=C/c4ccc(OCc5ccccc5)cc4)c(=O)n32)ccc1OC(C)=O. The molecule has 0 saturated heterocycles. The van der Waals surface area contributed by atoms with Gasteiger partial charge in [-0.15, -0.1) is 0 Å². The lowest BCUT2D eigenvalue weighted by atomic mass is 9.95. The van der Waals surface area contributed by atoms with Crippen molar-refractivity contribution in [2.75, 3.05) is 13.7 Å². The van der Waals surface area contributed by atoms with Crippen LogP contribution in [0.5, 0.6) is 17.2 Å². The number of carbonyl (C=O) groups excluding carboxylic acids is 2. The van der Waals surface area contributed by atoms with E-state index in [1.165, 1.54) is 29.9 Å². The van der Waals surface area contributed by atoms with E-state index >= 15 is 0 Å². The number of rotatable bonds is 10. The van der Waals surface area contributed by atoms with Gasteiger partial charge in [-0.25, -0.2) is 9.79 Å². The standard InChI is InChI=1S/C35H34N2O7S/c1-21(2)19-43-34(40)31-22(3)36-35-37(32(31)26-13-16-28(44-23(4)38)29(18-26)41-5)33(39)30(45-35)17-24-11-14-27(15-12-24)42-20-25-9-7-6-8-10-25/h6-18,21,32H,19-20H2,1-5H3/b30-17+/t32-/m1/s1. The Morgan fingerprint density at radius 3 is 2.42 bits per heavy atom. The number of nitrogens with zero attached hydrogens (tertiary/aromatic N) is 2. The van der Waals surface area contributed by atoms with Crippen LogP contribution in [0.1, 0.15) is 50.4 Å². The van der Waals surface area contributed by atoms with Crippen LogP contribution in [0.15, 0.2) is 93.9 Å². The molecule has 1 atom stereocenters. The molecule has 0 aliphatic carbocycles. The molecule has 10 heteroatoms. The number of esters is 2. The summed E-state index contributed by atoms with van der Waals surface area (Å²) in [5.41, 5.74) is 2.84. The van der Waals surface area contributed by atoms with Crippen molar-refractivity contribution in [3.05, 3.63) is 120 Å². The molecule has 9 nitrogen and oxygen atoms in total. The van der Waals surface area contributed by atoms with E-state index in [1.54, 1.807) is 31.2 Å². The van der Waals surface area contributed by atoms with Gasteiger partial charge < -0.3 is 18.9 Å². The van der Waals surface area contributed by atoms with Crippen molar-refractivity contribution in [1.82, 2.24) is 4.57 Å². The Morgan fingerprint density at radius 2 is 1.76 bits per heavy atom. The molecule has 1 aliphatic rings. The third kappa shape index (κ3) is 7.24. The topological polar surface area (TPSA) is 105 Å². The van der Waals surface area contributed by atoms with Gasteiger partial charge in [-0.3, -0.25) is 14.2 Å². The molecule has 0 N–H and O–H groups in total. The maximum absolute atomic E-state index is 14.0. The third-order valence-corrected chi connectivity index (χ3v) is 7.96. The fourth-order valence-corrected chi connectivity index (χ4v) is 5.91. The highest BCUT2D eigenvalue weighted by Crippen LogP contribution is 2.36. The zero-order valence-corrected chi connectivity index (χ0v) is 26.6. The molecule has 1 aliphatic heterocycles. The van der Waals surface area contributed by atoms with Gasteiger partial charge in [0.2, 0.25) is 0 Å². The highest BCUT2D eigenvalue weighted by atomic mass is 32.1. The predicted octanol–water partition coefficient (Wildman–Crippen LogP) is 4.95. The van der Waals surface area contributed by atoms with Gasteiger partial charge in [0.25, 0.3) is 5.56 Å². The Labute approximate surface area is 264 Å². The van der Waals surface area contributed by atoms with E-state index in [-0.39, 0.29) is 35.2 Å². The van der Waals surface area contributed by atoms with Crippen LogP contribution in [-0.2, 0) is 20.9 Å². The summed E-state index contributed by atoms with van der Waals surface area (Å²) < 4.78 is 24.3. The summed E-state index contributed by atoms with van der Waals surface area (Å²) in [5, 5.41) is 0. The van der Waals surface area contributed by atoms with Crippen LogP contribution in [0.3, 0.4) is 0 Å². The zero-order valence-electron chi connectivity index (χ0n) is 25.7. The van der Waals surface area contributed by atoms with Crippen molar-refractivity contribution in [2.24, 2.45) is 10.9 Å². The Bertz CT molecular complexity index is 1920. The van der Waals surface area contributed by atoms with E-state index in [2.05, 4.69) is 4.99 Å². The Hall–Kier alpha value is -4.96. The lowest BCUT2D eigenvalue weighted by Crippen LogP contribution is -2.40. The molecule has 0 spiro atoms. The lowest BCUT2D eigenvalue weighted by molar-refractivity contribution is -0.140. The number of thiazole rings is 1. The molecule has 0 saturated carbocycles. The van der Waals surface area contributed by atoms with Crippen molar-refractivity contribution in [1.29, 1.82) is 0 Å². The molecule has 232 valence electrons. The first-order valence-electron chi connectivity index (χ1n) is 14.5. The molecule has 3 aromatic carbocycles. The quantitative estimate of drug-likeness (QED) is 0.181. The van der Waals surface area contributed by atoms with Crippen LogP contribution in [0.25, 0.3) is 6.08 Å². The highest BCUT2D eigenvalue weighted by Gasteiger charge is 2.34. The number of hydrogen-bond acceptors (Lipinski definition) is 9. The fourth-order valence-electron chi connectivity index (χ4n) is 4.86. The Balaban J connectivity index is 1.54. The summed E-state index contributed by atoms with van der Waals surface area (Å²) in [4.78, 5) is 44.2. The second-order valence-corrected chi connectivity index (χ2v) is 11.9. The predicted molar refractivity (Wildman–Crippen MR) is 171 cm³/mol. The minimum absolute atomic E-state index is 0.118. The second kappa shape index (κ2) is 13.8. The van der Waals surface area contributed by atoms with Crippen LogP contribution in [0.4, 0.5) is 0 Å². The second-order valence-electron chi connectivity index (χ2n) is 10.9. The molecular formula is C35H34N2O7S. The lowest BCUT2D eigenvalue weighted by Gasteiger charge is -2.25. The molecule has 4 aromatic rings. The van der Waals surface area contributed by atoms with Crippen molar-refractivity contribution in [3.63, 3.8) is 0 Å². The maximum Gasteiger partial charge on any atom is 0.338 e. The molecule has 0 radical (unpaired) electrons. The molecule has 1 aromatic heterocycles. The molecule has 5 rings (SSSR count). The number of benzene rings is 3. The number of hydrogen-bond donors (Lipinski definition) is 0. The van der Waals surface area contributed by atoms with Crippen LogP contribution in [0, 0.1) is 5.92 Å². The van der Waals surface area contributed by atoms with E-state index in [1.807, 2.05) is 68.4 Å². The van der Waals surface area contributed by atoms with Crippen molar-refractivity contribution in [3.8, 4) is 17.2 Å². The molecule has 45 heavy (non-hydrogen) atoms. The van der Waals surface area contributed by atoms with Gasteiger partial charge in [-0.05, 0) is 59.9 Å². The van der Waals surface area contributed by atoms with Gasteiger partial charge in [-0.1, -0.05) is 73.7 Å². The molecular weight excluding hydrogens is 592 g/mol. The largest absolute Gasteiger partial charge is 0.493 e. The average Bonchev–Trinajstić information content (AvgIpc) is 3.33. The van der Waals surface area contributed by atoms with Crippen molar-refractivity contribution < 1.29 is 28.5 Å². The summed E-state index contributed by atoms with van der Waals surface area (Å²) in [5.74, 6) is 0.277. The van der Waals surface area contributed by atoms with E-state index in [0.717, 1.165) is 11.1 Å². The van der Waals surface area contributed by atoms with Gasteiger partial charge >= 0.3 is 11.9 Å². The number of methoxy groups -OCH3 is 1. The van der Waals surface area contributed by atoms with Gasteiger partial charge in [0, 0.05) is 6.92 Å². The fraction of sp³-hybridized carbons (Fsp3) is 0.257. The van der Waals surface area contributed by atoms with E-state index in [9.17, 15) is 14.4 Å². The average molecular weight is 627 g/mol. The van der Waals surface area contributed by atoms with E-state index < -0.39 is 18.0 Å². The molecule has 0 unspecified atom stereocenters. The number of ether oxygens (including phenoxy) is 4. The normalized spacial score (nSPS) is 14.5. The van der Waals surface area contributed by atoms with Gasteiger partial charge in [0.1, 0.15) is 12.4 Å². The van der Waals surface area contributed by atoms with E-state index in [0.29, 0.717) is 33.0 Å². The molecule has 0 amide bonds. The first kappa shape index (κ1) is 31.5. The third-order valence-electron chi connectivity index (χ3n) is 6.97. The smallest absolute Gasteiger partial charge is 0.338 e. The van der Waals surface area contributed by atoms with Crippen LogP contribution < -0.4 is 29.1 Å². The van der Waals surface area contributed by atoms with Gasteiger partial charge in [0.15, 0.2) is 16.3 Å². The van der Waals surface area contributed by atoms with Crippen molar-refractivity contribution >= 4 is 29.4 Å². The summed E-state index contributed by atoms with van der Waals surface area (Å²) in [6.07, 6.45) is 1.79. The number of aromatic nitrogens is 1. The molecule has 0 fully saturated rings. The van der Waals surface area contributed by atoms with Gasteiger partial charge in [-0.2, -0.15) is 0 Å². The number of carbonyl (C=O) groups is 2. The highest BCUT2D eigenvalue weighted by molar-refractivity contribution is 7.07. The molecule has 0 bridgehead atoms. The minimum Gasteiger partial charge on any atom is -0.493 e. The Morgan fingerprint density at radius 1 is 1.02 bits per heavy atom. The number of allylic oxidation sites excluding steroid dienone is 1. The summed E-state index contributed by atoms with van der Waals surface area (Å²) in [6, 6.07) is 21.5. The van der Waals surface area contributed by atoms with Crippen LogP contribution in [0.2, 0.25) is 0 Å². The first-order chi connectivity index (χ1) is 21.6. The Kier molecular flexibility index (Phi) is 9.63. The summed E-state index contributed by atoms with van der Waals surface area (Å²) in [7, 11) is 1.45. The zero-order chi connectivity index (χ0) is 32.1. The summed E-state index contributed by atoms with van der Waals surface area (Å²) >= 11 is 1.23. The van der Waals surface area contributed by atoms with Crippen molar-refractivity contribution in [2.45, 2.75) is 40.3 Å². The first-order valence-corrected chi connectivity index (χ1v) is 15.3.